The molecular formula is C12H17N3O. The van der Waals surface area contributed by atoms with Crippen LogP contribution in [0.1, 0.15) is 24.5 Å². The second-order valence-electron chi connectivity index (χ2n) is 4.75. The molecule has 1 aromatic heterocycles. The predicted octanol–water partition coefficient (Wildman–Crippen LogP) is 1.29. The van der Waals surface area contributed by atoms with Gasteiger partial charge in [-0.2, -0.15) is 0 Å². The first-order valence-electron chi connectivity index (χ1n) is 5.95. The third-order valence-electron chi connectivity index (χ3n) is 3.79. The molecule has 3 rings (SSSR count). The summed E-state index contributed by atoms with van der Waals surface area (Å²) < 4.78 is 5.14. The molecule has 3 atom stereocenters. The molecule has 1 aromatic rings. The molecule has 86 valence electrons. The highest BCUT2D eigenvalue weighted by Crippen LogP contribution is 2.37. The maximum absolute atomic E-state index is 5.14. The van der Waals surface area contributed by atoms with Crippen molar-refractivity contribution >= 4 is 0 Å². The van der Waals surface area contributed by atoms with Gasteiger partial charge in [0, 0.05) is 25.2 Å². The number of methoxy groups -OCH3 is 1. The Morgan fingerprint density at radius 3 is 3.12 bits per heavy atom. The lowest BCUT2D eigenvalue weighted by Gasteiger charge is -2.21. The summed E-state index contributed by atoms with van der Waals surface area (Å²) >= 11 is 0. The molecule has 2 aliphatic rings. The summed E-state index contributed by atoms with van der Waals surface area (Å²) in [6.07, 6.45) is 6.23. The van der Waals surface area contributed by atoms with E-state index in [0.717, 1.165) is 18.2 Å². The molecule has 0 aromatic carbocycles. The van der Waals surface area contributed by atoms with E-state index < -0.39 is 0 Å². The zero-order chi connectivity index (χ0) is 11.0. The highest BCUT2D eigenvalue weighted by atomic mass is 16.5. The summed E-state index contributed by atoms with van der Waals surface area (Å²) in [6.45, 7) is 3.64. The van der Waals surface area contributed by atoms with Crippen LogP contribution in [0.3, 0.4) is 0 Å². The summed E-state index contributed by atoms with van der Waals surface area (Å²) in [4.78, 5) is 11.3. The molecule has 2 fully saturated rings. The normalized spacial score (nSPS) is 32.7. The molecule has 2 bridgehead atoms. The van der Waals surface area contributed by atoms with E-state index in [2.05, 4.69) is 14.9 Å². The highest BCUT2D eigenvalue weighted by Gasteiger charge is 2.37. The Labute approximate surface area is 95.7 Å². The van der Waals surface area contributed by atoms with Gasteiger partial charge in [0.15, 0.2) is 0 Å². The van der Waals surface area contributed by atoms with Crippen molar-refractivity contribution in [3.05, 3.63) is 18.1 Å². The number of aromatic nitrogens is 2. The van der Waals surface area contributed by atoms with Crippen LogP contribution in [-0.4, -0.2) is 41.6 Å². The van der Waals surface area contributed by atoms with Crippen LogP contribution in [-0.2, 0) is 0 Å². The van der Waals surface area contributed by atoms with Gasteiger partial charge in [-0.1, -0.05) is 0 Å². The number of piperidine rings is 1. The Hall–Kier alpha value is -1.16. The first kappa shape index (κ1) is 10.0. The Morgan fingerprint density at radius 2 is 2.31 bits per heavy atom. The molecule has 3 heterocycles. The van der Waals surface area contributed by atoms with E-state index in [1.165, 1.54) is 25.9 Å². The van der Waals surface area contributed by atoms with E-state index in [1.807, 2.05) is 6.20 Å². The molecule has 4 heteroatoms. The number of ether oxygens (including phenoxy) is 1. The van der Waals surface area contributed by atoms with Crippen molar-refractivity contribution in [2.45, 2.75) is 18.8 Å². The van der Waals surface area contributed by atoms with Crippen LogP contribution in [0.15, 0.2) is 12.4 Å². The summed E-state index contributed by atoms with van der Waals surface area (Å²) in [5.74, 6) is 1.97. The van der Waals surface area contributed by atoms with Crippen LogP contribution in [0.2, 0.25) is 0 Å². The highest BCUT2D eigenvalue weighted by molar-refractivity contribution is 5.16. The summed E-state index contributed by atoms with van der Waals surface area (Å²) in [7, 11) is 1.64. The predicted molar refractivity (Wildman–Crippen MR) is 60.5 cm³/mol. The molecule has 3 unspecified atom stereocenters. The topological polar surface area (TPSA) is 38.2 Å². The van der Waals surface area contributed by atoms with Crippen molar-refractivity contribution in [1.29, 1.82) is 0 Å². The molecule has 16 heavy (non-hydrogen) atoms. The third kappa shape index (κ3) is 1.67. The first-order valence-corrected chi connectivity index (χ1v) is 5.95. The molecule has 0 aliphatic carbocycles. The van der Waals surface area contributed by atoms with E-state index >= 15 is 0 Å². The average Bonchev–Trinajstić information content (AvgIpc) is 2.64. The van der Waals surface area contributed by atoms with Crippen LogP contribution in [0, 0.1) is 5.92 Å². The average molecular weight is 219 g/mol. The van der Waals surface area contributed by atoms with E-state index in [4.69, 9.17) is 4.74 Å². The number of hydrogen-bond donors (Lipinski definition) is 0. The van der Waals surface area contributed by atoms with Gasteiger partial charge in [0.25, 0.3) is 0 Å². The Bertz CT molecular complexity index is 382. The lowest BCUT2D eigenvalue weighted by atomic mass is 9.89. The third-order valence-corrected chi connectivity index (χ3v) is 3.79. The Kier molecular flexibility index (Phi) is 2.52. The van der Waals surface area contributed by atoms with Crippen molar-refractivity contribution in [2.75, 3.05) is 26.7 Å². The van der Waals surface area contributed by atoms with Crippen molar-refractivity contribution in [2.24, 2.45) is 5.92 Å². The number of nitrogens with zero attached hydrogens (tertiary/aromatic N) is 3. The van der Waals surface area contributed by atoms with Crippen LogP contribution in [0.25, 0.3) is 0 Å². The summed E-state index contributed by atoms with van der Waals surface area (Å²) in [6, 6.07) is 0. The molecule has 0 radical (unpaired) electrons. The summed E-state index contributed by atoms with van der Waals surface area (Å²) in [5, 5.41) is 0. The van der Waals surface area contributed by atoms with Crippen molar-refractivity contribution in [1.82, 2.24) is 14.9 Å². The smallest absolute Gasteiger partial charge is 0.232 e. The number of rotatable bonds is 2. The fourth-order valence-electron chi connectivity index (χ4n) is 2.99. The van der Waals surface area contributed by atoms with Gasteiger partial charge < -0.3 is 9.64 Å². The van der Waals surface area contributed by atoms with Gasteiger partial charge >= 0.3 is 0 Å². The zero-order valence-corrected chi connectivity index (χ0v) is 9.59. The second kappa shape index (κ2) is 4.01. The standard InChI is InChI=1S/C12H17N3O/c1-16-12-6-13-5-11(14-12)10-8-15-4-2-3-9(10)7-15/h5-6,9-10H,2-4,7-8H2,1H3. The van der Waals surface area contributed by atoms with Gasteiger partial charge in [0.05, 0.1) is 19.0 Å². The van der Waals surface area contributed by atoms with Gasteiger partial charge in [-0.15, -0.1) is 0 Å². The van der Waals surface area contributed by atoms with Crippen LogP contribution in [0.4, 0.5) is 0 Å². The monoisotopic (exact) mass is 219 g/mol. The first-order chi connectivity index (χ1) is 7.86. The Morgan fingerprint density at radius 1 is 1.38 bits per heavy atom. The number of fused-ring (bicyclic) bond motifs is 2. The molecule has 0 saturated carbocycles. The molecule has 0 spiro atoms. The Balaban J connectivity index is 1.86. The molecule has 4 nitrogen and oxygen atoms in total. The molecule has 2 aliphatic heterocycles. The largest absolute Gasteiger partial charge is 0.480 e. The maximum Gasteiger partial charge on any atom is 0.232 e. The van der Waals surface area contributed by atoms with Crippen molar-refractivity contribution < 1.29 is 4.74 Å². The lowest BCUT2D eigenvalue weighted by Crippen LogP contribution is -2.25. The summed E-state index contributed by atoms with van der Waals surface area (Å²) in [5.41, 5.74) is 1.11. The fraction of sp³-hybridized carbons (Fsp3) is 0.667. The molecule has 2 saturated heterocycles. The minimum atomic E-state index is 0.560. The van der Waals surface area contributed by atoms with E-state index in [1.54, 1.807) is 13.3 Å². The minimum absolute atomic E-state index is 0.560. The van der Waals surface area contributed by atoms with Crippen LogP contribution < -0.4 is 4.74 Å². The minimum Gasteiger partial charge on any atom is -0.480 e. The molecule has 0 N–H and O–H groups in total. The van der Waals surface area contributed by atoms with Gasteiger partial charge in [0.2, 0.25) is 5.88 Å². The van der Waals surface area contributed by atoms with E-state index in [0.29, 0.717) is 11.8 Å². The maximum atomic E-state index is 5.14. The molecular weight excluding hydrogens is 202 g/mol. The zero-order valence-electron chi connectivity index (χ0n) is 9.59. The van der Waals surface area contributed by atoms with Gasteiger partial charge in [0.1, 0.15) is 0 Å². The molecule has 0 amide bonds. The van der Waals surface area contributed by atoms with Gasteiger partial charge in [-0.3, -0.25) is 4.98 Å². The van der Waals surface area contributed by atoms with Crippen molar-refractivity contribution in [3.8, 4) is 5.88 Å². The SMILES string of the molecule is COc1cncc(C2CN3CCCC2C3)n1. The number of hydrogen-bond acceptors (Lipinski definition) is 4. The lowest BCUT2D eigenvalue weighted by molar-refractivity contribution is 0.269. The van der Waals surface area contributed by atoms with Crippen molar-refractivity contribution in [3.63, 3.8) is 0 Å². The van der Waals surface area contributed by atoms with E-state index in [9.17, 15) is 0 Å². The quantitative estimate of drug-likeness (QED) is 0.751. The van der Waals surface area contributed by atoms with Gasteiger partial charge in [-0.05, 0) is 25.3 Å². The van der Waals surface area contributed by atoms with Crippen LogP contribution >= 0.6 is 0 Å². The van der Waals surface area contributed by atoms with Crippen LogP contribution in [0.5, 0.6) is 5.88 Å². The second-order valence-corrected chi connectivity index (χ2v) is 4.75. The van der Waals surface area contributed by atoms with E-state index in [-0.39, 0.29) is 0 Å². The van der Waals surface area contributed by atoms with Gasteiger partial charge in [-0.25, -0.2) is 4.98 Å². The fourth-order valence-corrected chi connectivity index (χ4v) is 2.99.